The lowest BCUT2D eigenvalue weighted by Gasteiger charge is -2.44. The van der Waals surface area contributed by atoms with Crippen molar-refractivity contribution < 1.29 is 14.4 Å². The van der Waals surface area contributed by atoms with E-state index in [1.54, 1.807) is 4.90 Å². The number of hydrogen-bond acceptors (Lipinski definition) is 4. The molecule has 1 aliphatic heterocycles. The predicted octanol–water partition coefficient (Wildman–Crippen LogP) is 4.18. The minimum Gasteiger partial charge on any atom is -0.352 e. The fourth-order valence-corrected chi connectivity index (χ4v) is 5.93. The van der Waals surface area contributed by atoms with E-state index in [4.69, 9.17) is 4.98 Å². The minimum atomic E-state index is -1.04. The monoisotopic (exact) mass is 519 g/mol. The molecule has 0 spiro atoms. The molecule has 1 saturated carbocycles. The summed E-state index contributed by atoms with van der Waals surface area (Å²) in [6.45, 7) is 11.8. The van der Waals surface area contributed by atoms with Gasteiger partial charge in [-0.15, -0.1) is 0 Å². The number of benzene rings is 1. The Morgan fingerprint density at radius 3 is 2.29 bits per heavy atom. The highest BCUT2D eigenvalue weighted by Gasteiger charge is 2.50. The second kappa shape index (κ2) is 11.1. The van der Waals surface area contributed by atoms with Gasteiger partial charge in [0.2, 0.25) is 11.8 Å². The van der Waals surface area contributed by atoms with Gasteiger partial charge in [-0.3, -0.25) is 14.4 Å². The molecular formula is C30H41N5O3. The maximum Gasteiger partial charge on any atom is 0.250 e. The standard InChI is InChI=1S/C30H41N5O3/c1-8-19-15-21(16-20(19)9-2)25-30(38)35(24(14-17(3)4)28(36)33-25)26(29(37)31-18(5)6)27-32-22-12-10-11-13-23(22)34(27)7/h8-13,17-18,21,24-26H,14-16H2,1-7H3,(H,31,37)(H,33,36)/b19-8-,20-9-/t24-,25-,26-/m1/s1. The number of carbonyl (C=O) groups is 3. The van der Waals surface area contributed by atoms with Gasteiger partial charge in [0, 0.05) is 13.1 Å². The number of imidazole rings is 1. The maximum atomic E-state index is 14.4. The van der Waals surface area contributed by atoms with Gasteiger partial charge in [-0.05, 0) is 82.1 Å². The van der Waals surface area contributed by atoms with E-state index in [1.165, 1.54) is 11.1 Å². The molecule has 2 fully saturated rings. The average molecular weight is 520 g/mol. The van der Waals surface area contributed by atoms with Gasteiger partial charge in [0.25, 0.3) is 5.91 Å². The Hall–Kier alpha value is -3.42. The van der Waals surface area contributed by atoms with Crippen molar-refractivity contribution in [3.63, 3.8) is 0 Å². The summed E-state index contributed by atoms with van der Waals surface area (Å²) in [4.78, 5) is 48.4. The summed E-state index contributed by atoms with van der Waals surface area (Å²) in [7, 11) is 1.86. The van der Waals surface area contributed by atoms with Crippen LogP contribution in [-0.2, 0) is 21.4 Å². The lowest BCUT2D eigenvalue weighted by molar-refractivity contribution is -0.158. The predicted molar refractivity (Wildman–Crippen MR) is 149 cm³/mol. The van der Waals surface area contributed by atoms with Crippen LogP contribution in [0.2, 0.25) is 0 Å². The van der Waals surface area contributed by atoms with Crippen molar-refractivity contribution in [1.82, 2.24) is 25.1 Å². The second-order valence-corrected chi connectivity index (χ2v) is 11.3. The van der Waals surface area contributed by atoms with Gasteiger partial charge in [0.1, 0.15) is 17.9 Å². The second-order valence-electron chi connectivity index (χ2n) is 11.3. The van der Waals surface area contributed by atoms with Crippen molar-refractivity contribution in [2.45, 2.75) is 85.0 Å². The third-order valence-electron chi connectivity index (χ3n) is 7.72. The van der Waals surface area contributed by atoms with Gasteiger partial charge < -0.3 is 20.1 Å². The van der Waals surface area contributed by atoms with Crippen molar-refractivity contribution >= 4 is 28.8 Å². The molecular weight excluding hydrogens is 478 g/mol. The first-order valence-corrected chi connectivity index (χ1v) is 13.7. The molecule has 2 heterocycles. The van der Waals surface area contributed by atoms with Gasteiger partial charge >= 0.3 is 0 Å². The van der Waals surface area contributed by atoms with Gasteiger partial charge in [-0.1, -0.05) is 38.1 Å². The van der Waals surface area contributed by atoms with E-state index in [-0.39, 0.29) is 35.6 Å². The van der Waals surface area contributed by atoms with Crippen LogP contribution in [0, 0.1) is 11.8 Å². The summed E-state index contributed by atoms with van der Waals surface area (Å²) in [6.07, 6.45) is 6.05. The summed E-state index contributed by atoms with van der Waals surface area (Å²) < 4.78 is 1.87. The number of piperazine rings is 1. The van der Waals surface area contributed by atoms with Crippen LogP contribution in [0.15, 0.2) is 47.6 Å². The molecule has 38 heavy (non-hydrogen) atoms. The first-order chi connectivity index (χ1) is 18.1. The number of aryl methyl sites for hydroxylation is 1. The van der Waals surface area contributed by atoms with Crippen molar-refractivity contribution in [3.05, 3.63) is 53.4 Å². The van der Waals surface area contributed by atoms with Crippen LogP contribution in [0.4, 0.5) is 0 Å². The van der Waals surface area contributed by atoms with Gasteiger partial charge in [0.05, 0.1) is 11.0 Å². The van der Waals surface area contributed by atoms with Crippen LogP contribution in [-0.4, -0.2) is 50.3 Å². The van der Waals surface area contributed by atoms with E-state index in [1.807, 2.05) is 77.4 Å². The maximum absolute atomic E-state index is 14.4. The molecule has 204 valence electrons. The van der Waals surface area contributed by atoms with E-state index in [0.717, 1.165) is 11.0 Å². The minimum absolute atomic E-state index is 0.0689. The number of para-hydroxylation sites is 2. The Kier molecular flexibility index (Phi) is 8.09. The molecule has 2 N–H and O–H groups in total. The van der Waals surface area contributed by atoms with Crippen LogP contribution in [0.25, 0.3) is 11.0 Å². The van der Waals surface area contributed by atoms with Gasteiger partial charge in [-0.2, -0.15) is 0 Å². The normalized spacial score (nSPS) is 23.8. The molecule has 1 aromatic heterocycles. The quantitative estimate of drug-likeness (QED) is 0.574. The van der Waals surface area contributed by atoms with Gasteiger partial charge in [-0.25, -0.2) is 4.98 Å². The number of hydrogen-bond donors (Lipinski definition) is 2. The fourth-order valence-electron chi connectivity index (χ4n) is 5.93. The number of fused-ring (bicyclic) bond motifs is 1. The van der Waals surface area contributed by atoms with Crippen LogP contribution in [0.5, 0.6) is 0 Å². The number of aromatic nitrogens is 2. The number of allylic oxidation sites excluding steroid dienone is 4. The Labute approximate surface area is 225 Å². The largest absolute Gasteiger partial charge is 0.352 e. The number of nitrogens with zero attached hydrogens (tertiary/aromatic N) is 3. The fraction of sp³-hybridized carbons (Fsp3) is 0.533. The first-order valence-electron chi connectivity index (χ1n) is 13.7. The van der Waals surface area contributed by atoms with Crippen LogP contribution in [0.1, 0.15) is 72.7 Å². The van der Waals surface area contributed by atoms with Crippen molar-refractivity contribution in [2.24, 2.45) is 18.9 Å². The lowest BCUT2D eigenvalue weighted by Crippen LogP contribution is -2.67. The molecule has 1 aromatic carbocycles. The summed E-state index contributed by atoms with van der Waals surface area (Å²) >= 11 is 0. The Balaban J connectivity index is 1.85. The molecule has 0 unspecified atom stereocenters. The molecule has 4 rings (SSSR count). The highest BCUT2D eigenvalue weighted by Crippen LogP contribution is 2.40. The van der Waals surface area contributed by atoms with Crippen molar-refractivity contribution in [3.8, 4) is 0 Å². The number of carbonyl (C=O) groups excluding carboxylic acids is 3. The summed E-state index contributed by atoms with van der Waals surface area (Å²) in [5.41, 5.74) is 4.02. The third kappa shape index (κ3) is 5.13. The van der Waals surface area contributed by atoms with E-state index in [0.29, 0.717) is 25.1 Å². The molecule has 1 saturated heterocycles. The van der Waals surface area contributed by atoms with E-state index >= 15 is 0 Å². The van der Waals surface area contributed by atoms with Crippen molar-refractivity contribution in [2.75, 3.05) is 0 Å². The zero-order valence-corrected chi connectivity index (χ0v) is 23.6. The molecule has 2 aliphatic rings. The molecule has 2 aromatic rings. The third-order valence-corrected chi connectivity index (χ3v) is 7.72. The highest BCUT2D eigenvalue weighted by molar-refractivity contribution is 6.00. The summed E-state index contributed by atoms with van der Waals surface area (Å²) in [5, 5.41) is 6.07. The molecule has 8 heteroatoms. The Morgan fingerprint density at radius 2 is 1.74 bits per heavy atom. The number of rotatable bonds is 7. The smallest absolute Gasteiger partial charge is 0.250 e. The topological polar surface area (TPSA) is 96.3 Å². The van der Waals surface area contributed by atoms with Crippen LogP contribution in [0.3, 0.4) is 0 Å². The number of amides is 3. The Morgan fingerprint density at radius 1 is 1.11 bits per heavy atom. The molecule has 0 bridgehead atoms. The van der Waals surface area contributed by atoms with E-state index in [2.05, 4.69) is 22.8 Å². The molecule has 8 nitrogen and oxygen atoms in total. The lowest BCUT2D eigenvalue weighted by atomic mass is 9.89. The summed E-state index contributed by atoms with van der Waals surface area (Å²) in [5.74, 6) is -0.231. The highest BCUT2D eigenvalue weighted by atomic mass is 16.2. The first kappa shape index (κ1) is 27.6. The van der Waals surface area contributed by atoms with E-state index in [9.17, 15) is 14.4 Å². The van der Waals surface area contributed by atoms with Crippen molar-refractivity contribution in [1.29, 1.82) is 0 Å². The van der Waals surface area contributed by atoms with Gasteiger partial charge in [0.15, 0.2) is 6.04 Å². The molecule has 0 radical (unpaired) electrons. The van der Waals surface area contributed by atoms with E-state index < -0.39 is 18.1 Å². The average Bonchev–Trinajstić information content (AvgIpc) is 3.43. The summed E-state index contributed by atoms with van der Waals surface area (Å²) in [6, 6.07) is 5.00. The molecule has 3 amide bonds. The van der Waals surface area contributed by atoms with Crippen LogP contribution >= 0.6 is 0 Å². The SMILES string of the molecule is C/C=C1/CC([C@H]2NC(=O)[C@@H](CC(C)C)N([C@@H](C(=O)NC(C)C)c3nc4ccccc4n3C)C2=O)C/C1=C/C. The molecule has 3 atom stereocenters. The number of nitrogens with one attached hydrogen (secondary N) is 2. The zero-order chi connectivity index (χ0) is 27.7. The zero-order valence-electron chi connectivity index (χ0n) is 23.6. The van der Waals surface area contributed by atoms with Crippen LogP contribution < -0.4 is 10.6 Å². The molecule has 1 aliphatic carbocycles. The Bertz CT molecular complexity index is 1270.